The number of nitrogens with one attached hydrogen (secondary N) is 2. The second-order valence-corrected chi connectivity index (χ2v) is 8.42. The van der Waals surface area contributed by atoms with Crippen molar-refractivity contribution in [1.29, 1.82) is 0 Å². The number of hydrogen-bond donors (Lipinski definition) is 2. The quantitative estimate of drug-likeness (QED) is 0.811. The van der Waals surface area contributed by atoms with Crippen molar-refractivity contribution < 1.29 is 12.8 Å². The van der Waals surface area contributed by atoms with Gasteiger partial charge in [-0.3, -0.25) is 0 Å². The van der Waals surface area contributed by atoms with Crippen molar-refractivity contribution >= 4 is 10.0 Å². The Bertz CT molecular complexity index is 598. The lowest BCUT2D eigenvalue weighted by Crippen LogP contribution is -2.45. The van der Waals surface area contributed by atoms with Crippen molar-refractivity contribution in [3.05, 3.63) is 17.6 Å². The average molecular weight is 314 g/mol. The molecule has 5 nitrogen and oxygen atoms in total. The second kappa shape index (κ2) is 5.74. The van der Waals surface area contributed by atoms with Gasteiger partial charge < -0.3 is 9.73 Å². The lowest BCUT2D eigenvalue weighted by atomic mass is 10.0. The second-order valence-electron chi connectivity index (χ2n) is 6.77. The van der Waals surface area contributed by atoms with Crippen LogP contribution >= 0.6 is 0 Å². The Balaban J connectivity index is 2.16. The van der Waals surface area contributed by atoms with Gasteiger partial charge in [0.2, 0.25) is 10.0 Å². The third kappa shape index (κ3) is 4.08. The Kier molecular flexibility index (Phi) is 4.52. The molecule has 0 radical (unpaired) electrons. The number of furan rings is 1. The lowest BCUT2D eigenvalue weighted by Gasteiger charge is -2.25. The van der Waals surface area contributed by atoms with Gasteiger partial charge in [0.15, 0.2) is 0 Å². The zero-order valence-corrected chi connectivity index (χ0v) is 14.3. The van der Waals surface area contributed by atoms with Crippen molar-refractivity contribution in [2.24, 2.45) is 5.92 Å². The Labute approximate surface area is 127 Å². The van der Waals surface area contributed by atoms with Crippen LogP contribution in [0.25, 0.3) is 0 Å². The van der Waals surface area contributed by atoms with Gasteiger partial charge in [-0.2, -0.15) is 0 Å². The van der Waals surface area contributed by atoms with Gasteiger partial charge in [-0.05, 0) is 39.5 Å². The third-order valence-electron chi connectivity index (χ3n) is 3.89. The lowest BCUT2D eigenvalue weighted by molar-refractivity contribution is 0.399. The molecule has 120 valence electrons. The minimum Gasteiger partial charge on any atom is -0.464 e. The number of sulfonamides is 1. The first kappa shape index (κ1) is 16.5. The Morgan fingerprint density at radius 2 is 2.00 bits per heavy atom. The molecule has 0 aromatic carbocycles. The summed E-state index contributed by atoms with van der Waals surface area (Å²) in [5.74, 6) is 1.52. The molecule has 1 aromatic heterocycles. The van der Waals surface area contributed by atoms with Crippen LogP contribution in [0.5, 0.6) is 0 Å². The Morgan fingerprint density at radius 1 is 1.38 bits per heavy atom. The largest absolute Gasteiger partial charge is 0.464 e. The van der Waals surface area contributed by atoms with Gasteiger partial charge >= 0.3 is 0 Å². The summed E-state index contributed by atoms with van der Waals surface area (Å²) in [6.45, 7) is 10.2. The number of aryl methyl sites for hydroxylation is 1. The molecule has 1 aliphatic carbocycles. The first-order chi connectivity index (χ1) is 9.62. The van der Waals surface area contributed by atoms with Crippen LogP contribution in [0.1, 0.15) is 52.1 Å². The van der Waals surface area contributed by atoms with Crippen LogP contribution in [0.4, 0.5) is 0 Å². The fourth-order valence-electron chi connectivity index (χ4n) is 2.47. The van der Waals surface area contributed by atoms with Gasteiger partial charge in [0.25, 0.3) is 0 Å². The minimum atomic E-state index is -3.54. The molecule has 1 aliphatic rings. The van der Waals surface area contributed by atoms with Crippen LogP contribution in [0, 0.1) is 12.8 Å². The fraction of sp³-hybridized carbons (Fsp3) is 0.733. The maximum atomic E-state index is 12.6. The van der Waals surface area contributed by atoms with Crippen LogP contribution in [0.3, 0.4) is 0 Å². The van der Waals surface area contributed by atoms with Gasteiger partial charge in [-0.25, -0.2) is 13.1 Å². The first-order valence-electron chi connectivity index (χ1n) is 7.48. The summed E-state index contributed by atoms with van der Waals surface area (Å²) >= 11 is 0. The highest BCUT2D eigenvalue weighted by molar-refractivity contribution is 7.89. The predicted octanol–water partition coefficient (Wildman–Crippen LogP) is 2.55. The summed E-state index contributed by atoms with van der Waals surface area (Å²) in [5, 5.41) is 3.22. The Morgan fingerprint density at radius 3 is 2.52 bits per heavy atom. The maximum Gasteiger partial charge on any atom is 0.244 e. The molecule has 0 aliphatic heterocycles. The monoisotopic (exact) mass is 314 g/mol. The van der Waals surface area contributed by atoms with Gasteiger partial charge in [0.05, 0.1) is 6.54 Å². The van der Waals surface area contributed by atoms with Crippen LogP contribution in [0.2, 0.25) is 0 Å². The summed E-state index contributed by atoms with van der Waals surface area (Å²) in [7, 11) is -3.54. The standard InChI is InChI=1S/C15H26N2O3S/c1-10(2)16-9-13-8-14(11(3)20-13)21(18,19)17-15(4,5)12-6-7-12/h8,10,12,16-17H,6-7,9H2,1-5H3. The highest BCUT2D eigenvalue weighted by Gasteiger charge is 2.41. The first-order valence-corrected chi connectivity index (χ1v) is 8.97. The van der Waals surface area contributed by atoms with E-state index >= 15 is 0 Å². The fourth-order valence-corrected chi connectivity index (χ4v) is 4.15. The van der Waals surface area contributed by atoms with Crippen LogP contribution in [-0.4, -0.2) is 20.0 Å². The van der Waals surface area contributed by atoms with Gasteiger partial charge in [-0.1, -0.05) is 13.8 Å². The van der Waals surface area contributed by atoms with Gasteiger partial charge in [0, 0.05) is 17.6 Å². The molecule has 0 amide bonds. The zero-order valence-electron chi connectivity index (χ0n) is 13.5. The molecule has 6 heteroatoms. The highest BCUT2D eigenvalue weighted by Crippen LogP contribution is 2.40. The normalized spacial score (nSPS) is 16.7. The summed E-state index contributed by atoms with van der Waals surface area (Å²) in [6, 6.07) is 1.94. The SMILES string of the molecule is Cc1oc(CNC(C)C)cc1S(=O)(=O)NC(C)(C)C1CC1. The summed E-state index contributed by atoms with van der Waals surface area (Å²) in [4.78, 5) is 0.247. The molecule has 1 fully saturated rings. The summed E-state index contributed by atoms with van der Waals surface area (Å²) in [6.07, 6.45) is 2.17. The van der Waals surface area contributed by atoms with Crippen molar-refractivity contribution in [2.75, 3.05) is 0 Å². The molecule has 2 N–H and O–H groups in total. The summed E-state index contributed by atoms with van der Waals surface area (Å²) in [5.41, 5.74) is -0.404. The third-order valence-corrected chi connectivity index (χ3v) is 5.67. The van der Waals surface area contributed by atoms with Gasteiger partial charge in [-0.15, -0.1) is 0 Å². The van der Waals surface area contributed by atoms with E-state index < -0.39 is 15.6 Å². The van der Waals surface area contributed by atoms with Gasteiger partial charge in [0.1, 0.15) is 16.4 Å². The molecule has 21 heavy (non-hydrogen) atoms. The maximum absolute atomic E-state index is 12.6. The molecule has 1 saturated carbocycles. The molecule has 0 spiro atoms. The highest BCUT2D eigenvalue weighted by atomic mass is 32.2. The van der Waals surface area contributed by atoms with Crippen molar-refractivity contribution in [2.45, 2.75) is 70.5 Å². The molecule has 0 saturated heterocycles. The van der Waals surface area contributed by atoms with Crippen LogP contribution in [-0.2, 0) is 16.6 Å². The van der Waals surface area contributed by atoms with E-state index in [0.29, 0.717) is 30.0 Å². The van der Waals surface area contributed by atoms with Crippen molar-refractivity contribution in [1.82, 2.24) is 10.0 Å². The average Bonchev–Trinajstić information content (AvgIpc) is 3.10. The molecule has 0 atom stereocenters. The van der Waals surface area contributed by atoms with E-state index in [0.717, 1.165) is 12.8 Å². The smallest absolute Gasteiger partial charge is 0.244 e. The van der Waals surface area contributed by atoms with E-state index in [-0.39, 0.29) is 4.90 Å². The summed E-state index contributed by atoms with van der Waals surface area (Å²) < 4.78 is 33.5. The minimum absolute atomic E-state index is 0.247. The van der Waals surface area contributed by atoms with Crippen LogP contribution < -0.4 is 10.0 Å². The van der Waals surface area contributed by atoms with Crippen LogP contribution in [0.15, 0.2) is 15.4 Å². The van der Waals surface area contributed by atoms with E-state index in [4.69, 9.17) is 4.42 Å². The van der Waals surface area contributed by atoms with E-state index in [1.807, 2.05) is 27.7 Å². The topological polar surface area (TPSA) is 71.3 Å². The van der Waals surface area contributed by atoms with Crippen molar-refractivity contribution in [3.8, 4) is 0 Å². The van der Waals surface area contributed by atoms with E-state index in [9.17, 15) is 8.42 Å². The molecule has 0 bridgehead atoms. The van der Waals surface area contributed by atoms with E-state index in [1.165, 1.54) is 0 Å². The number of hydrogen-bond acceptors (Lipinski definition) is 4. The predicted molar refractivity (Wildman–Crippen MR) is 82.5 cm³/mol. The molecular weight excluding hydrogens is 288 g/mol. The molecule has 2 rings (SSSR count). The molecule has 1 aromatic rings. The number of rotatable bonds is 7. The van der Waals surface area contributed by atoms with Crippen molar-refractivity contribution in [3.63, 3.8) is 0 Å². The Hall–Kier alpha value is -0.850. The zero-order chi connectivity index (χ0) is 15.8. The van der Waals surface area contributed by atoms with E-state index in [1.54, 1.807) is 13.0 Å². The van der Waals surface area contributed by atoms with E-state index in [2.05, 4.69) is 10.0 Å². The molecule has 1 heterocycles. The molecular formula is C15H26N2O3S. The molecule has 0 unspecified atom stereocenters.